The summed E-state index contributed by atoms with van der Waals surface area (Å²) < 4.78 is 28.7. The molecule has 6 heteroatoms. The van der Waals surface area contributed by atoms with Gasteiger partial charge in [-0.25, -0.2) is 0 Å². The van der Waals surface area contributed by atoms with E-state index in [0.717, 1.165) is 18.4 Å². The molecule has 0 spiro atoms. The van der Waals surface area contributed by atoms with E-state index in [9.17, 15) is 0 Å². The van der Waals surface area contributed by atoms with E-state index in [1.54, 1.807) is 12.3 Å². The second-order valence-electron chi connectivity index (χ2n) is 5.93. The highest BCUT2D eigenvalue weighted by Gasteiger charge is 2.55. The molecule has 1 aromatic heterocycles. The second-order valence-corrected chi connectivity index (χ2v) is 6.27. The quantitative estimate of drug-likeness (QED) is 0.832. The molecule has 0 saturated carbocycles. The summed E-state index contributed by atoms with van der Waals surface area (Å²) in [5.74, 6) is -0.637. The Bertz CT molecular complexity index is 486. The fourth-order valence-corrected chi connectivity index (χ4v) is 3.04. The minimum absolute atomic E-state index is 0.0215. The fourth-order valence-electron chi connectivity index (χ4n) is 2.87. The van der Waals surface area contributed by atoms with Crippen molar-refractivity contribution in [3.05, 3.63) is 23.1 Å². The summed E-state index contributed by atoms with van der Waals surface area (Å²) in [5, 5.41) is 0.362. The molecular formula is C15H21ClO5. The fraction of sp³-hybridized carbons (Fsp3) is 0.733. The minimum atomic E-state index is -0.637. The van der Waals surface area contributed by atoms with Crippen LogP contribution in [0.4, 0.5) is 0 Å². The van der Waals surface area contributed by atoms with E-state index in [4.69, 9.17) is 35.0 Å². The maximum atomic E-state index is 6.03. The molecule has 5 nitrogen and oxygen atoms in total. The van der Waals surface area contributed by atoms with Crippen LogP contribution in [0.25, 0.3) is 0 Å². The van der Waals surface area contributed by atoms with Crippen molar-refractivity contribution < 1.29 is 23.4 Å². The van der Waals surface area contributed by atoms with Crippen LogP contribution >= 0.6 is 11.6 Å². The Balaban J connectivity index is 1.68. The Morgan fingerprint density at radius 2 is 2.14 bits per heavy atom. The Morgan fingerprint density at radius 3 is 2.81 bits per heavy atom. The monoisotopic (exact) mass is 316 g/mol. The maximum Gasteiger partial charge on any atom is 0.198 e. The number of rotatable bonds is 5. The highest BCUT2D eigenvalue weighted by molar-refractivity contribution is 6.29. The van der Waals surface area contributed by atoms with Crippen molar-refractivity contribution in [1.29, 1.82) is 0 Å². The Kier molecular flexibility index (Phi) is 4.30. The molecule has 118 valence electrons. The lowest BCUT2D eigenvalue weighted by atomic mass is 10.1. The molecular weight excluding hydrogens is 296 g/mol. The van der Waals surface area contributed by atoms with Gasteiger partial charge in [-0.05, 0) is 37.9 Å². The second kappa shape index (κ2) is 5.89. The molecule has 0 amide bonds. The molecule has 21 heavy (non-hydrogen) atoms. The maximum absolute atomic E-state index is 6.03. The first kappa shape index (κ1) is 15.3. The molecule has 0 bridgehead atoms. The van der Waals surface area contributed by atoms with Gasteiger partial charge < -0.3 is 23.4 Å². The molecule has 2 fully saturated rings. The van der Waals surface area contributed by atoms with Crippen LogP contribution in [0, 0.1) is 0 Å². The Morgan fingerprint density at radius 1 is 1.33 bits per heavy atom. The van der Waals surface area contributed by atoms with Crippen LogP contribution < -0.4 is 0 Å². The van der Waals surface area contributed by atoms with Crippen molar-refractivity contribution in [3.63, 3.8) is 0 Å². The summed E-state index contributed by atoms with van der Waals surface area (Å²) in [7, 11) is 0. The van der Waals surface area contributed by atoms with Gasteiger partial charge in [0.15, 0.2) is 17.3 Å². The third-order valence-corrected chi connectivity index (χ3v) is 4.12. The van der Waals surface area contributed by atoms with Crippen molar-refractivity contribution in [3.8, 4) is 0 Å². The van der Waals surface area contributed by atoms with Gasteiger partial charge in [-0.3, -0.25) is 0 Å². The zero-order valence-corrected chi connectivity index (χ0v) is 13.3. The van der Waals surface area contributed by atoms with E-state index in [-0.39, 0.29) is 24.6 Å². The van der Waals surface area contributed by atoms with Crippen LogP contribution in [-0.2, 0) is 25.6 Å². The smallest absolute Gasteiger partial charge is 0.198 e. The highest BCUT2D eigenvalue weighted by atomic mass is 35.5. The molecule has 0 N–H and O–H groups in total. The highest BCUT2D eigenvalue weighted by Crippen LogP contribution is 2.40. The summed E-state index contributed by atoms with van der Waals surface area (Å²) in [6.07, 6.45) is 2.72. The van der Waals surface area contributed by atoms with Gasteiger partial charge in [-0.15, -0.1) is 0 Å². The SMILES string of the molecule is CCC[C@H]1O[C@@H]2OC(C)(C)O[C@@H]2[C@H]1OCc1ccoc1Cl. The predicted octanol–water partition coefficient (Wildman–Crippen LogP) is 3.49. The number of hydrogen-bond donors (Lipinski definition) is 0. The van der Waals surface area contributed by atoms with Gasteiger partial charge in [-0.1, -0.05) is 13.3 Å². The summed E-state index contributed by atoms with van der Waals surface area (Å²) in [4.78, 5) is 0. The zero-order chi connectivity index (χ0) is 15.0. The third kappa shape index (κ3) is 3.12. The lowest BCUT2D eigenvalue weighted by Crippen LogP contribution is -2.36. The van der Waals surface area contributed by atoms with Gasteiger partial charge in [0, 0.05) is 5.56 Å². The largest absolute Gasteiger partial charge is 0.453 e. The number of halogens is 1. The van der Waals surface area contributed by atoms with Crippen LogP contribution in [0.5, 0.6) is 0 Å². The van der Waals surface area contributed by atoms with Crippen LogP contribution in [-0.4, -0.2) is 30.4 Å². The summed E-state index contributed by atoms with van der Waals surface area (Å²) in [6, 6.07) is 1.81. The molecule has 3 heterocycles. The first-order valence-corrected chi connectivity index (χ1v) is 7.72. The Labute approximate surface area is 129 Å². The molecule has 2 saturated heterocycles. The molecule has 2 aliphatic heterocycles. The van der Waals surface area contributed by atoms with Gasteiger partial charge >= 0.3 is 0 Å². The normalized spacial score (nSPS) is 34.3. The number of hydrogen-bond acceptors (Lipinski definition) is 5. The zero-order valence-electron chi connectivity index (χ0n) is 12.5. The van der Waals surface area contributed by atoms with Crippen LogP contribution in [0.2, 0.25) is 5.22 Å². The standard InChI is InChI=1S/C15H21ClO5/c1-4-5-10-11(18-8-9-6-7-17-13(9)16)12-14(19-10)21-15(2,3)20-12/h6-7,10-12,14H,4-5,8H2,1-3H3/t10-,11+,12-,14-/m1/s1. The van der Waals surface area contributed by atoms with Gasteiger partial charge in [0.25, 0.3) is 0 Å². The average molecular weight is 317 g/mol. The first-order valence-electron chi connectivity index (χ1n) is 7.35. The molecule has 0 aromatic carbocycles. The van der Waals surface area contributed by atoms with E-state index in [1.165, 1.54) is 0 Å². The van der Waals surface area contributed by atoms with E-state index >= 15 is 0 Å². The van der Waals surface area contributed by atoms with Crippen molar-refractivity contribution in [2.24, 2.45) is 0 Å². The molecule has 2 aliphatic rings. The lowest BCUT2D eigenvalue weighted by Gasteiger charge is -2.25. The molecule has 0 unspecified atom stereocenters. The van der Waals surface area contributed by atoms with Crippen molar-refractivity contribution in [1.82, 2.24) is 0 Å². The van der Waals surface area contributed by atoms with Gasteiger partial charge in [-0.2, -0.15) is 0 Å². The summed E-state index contributed by atoms with van der Waals surface area (Å²) in [5.41, 5.74) is 0.827. The van der Waals surface area contributed by atoms with Crippen molar-refractivity contribution in [2.45, 2.75) is 70.6 Å². The minimum Gasteiger partial charge on any atom is -0.453 e. The van der Waals surface area contributed by atoms with Crippen LogP contribution in [0.15, 0.2) is 16.7 Å². The molecule has 0 aliphatic carbocycles. The number of furan rings is 1. The average Bonchev–Trinajstić information content (AvgIpc) is 3.01. The van der Waals surface area contributed by atoms with Gasteiger partial charge in [0.2, 0.25) is 0 Å². The van der Waals surface area contributed by atoms with Crippen molar-refractivity contribution in [2.75, 3.05) is 0 Å². The summed E-state index contributed by atoms with van der Waals surface area (Å²) in [6.45, 7) is 6.25. The van der Waals surface area contributed by atoms with E-state index in [0.29, 0.717) is 11.8 Å². The van der Waals surface area contributed by atoms with E-state index in [2.05, 4.69) is 6.92 Å². The number of ether oxygens (including phenoxy) is 4. The lowest BCUT2D eigenvalue weighted by molar-refractivity contribution is -0.219. The van der Waals surface area contributed by atoms with Crippen LogP contribution in [0.3, 0.4) is 0 Å². The van der Waals surface area contributed by atoms with E-state index < -0.39 is 5.79 Å². The summed E-state index contributed by atoms with van der Waals surface area (Å²) >= 11 is 5.95. The van der Waals surface area contributed by atoms with Crippen molar-refractivity contribution >= 4 is 11.6 Å². The van der Waals surface area contributed by atoms with Gasteiger partial charge in [0.1, 0.15) is 12.2 Å². The van der Waals surface area contributed by atoms with Gasteiger partial charge in [0.05, 0.1) is 19.0 Å². The Hall–Kier alpha value is -0.590. The number of fused-ring (bicyclic) bond motifs is 1. The predicted molar refractivity (Wildman–Crippen MR) is 75.9 cm³/mol. The third-order valence-electron chi connectivity index (χ3n) is 3.78. The molecule has 4 atom stereocenters. The van der Waals surface area contributed by atoms with E-state index in [1.807, 2.05) is 13.8 Å². The topological polar surface area (TPSA) is 50.1 Å². The molecule has 1 aromatic rings. The molecule has 3 rings (SSSR count). The van der Waals surface area contributed by atoms with Crippen LogP contribution in [0.1, 0.15) is 39.2 Å². The first-order chi connectivity index (χ1) is 10.00. The molecule has 0 radical (unpaired) electrons.